The Morgan fingerprint density at radius 1 is 1.19 bits per heavy atom. The maximum absolute atomic E-state index is 4.95. The van der Waals surface area contributed by atoms with Crippen molar-refractivity contribution in [2.24, 2.45) is 4.99 Å². The highest BCUT2D eigenvalue weighted by Crippen LogP contribution is 2.22. The van der Waals surface area contributed by atoms with Gasteiger partial charge in [-0.1, -0.05) is 25.1 Å². The number of guanidine groups is 1. The zero-order valence-corrected chi connectivity index (χ0v) is 21.7. The zero-order chi connectivity index (χ0) is 20.9. The number of aryl methyl sites for hydroxylation is 2. The number of hydrogen-bond acceptors (Lipinski definition) is 5. The summed E-state index contributed by atoms with van der Waals surface area (Å²) in [6.07, 6.45) is 1.83. The first-order valence-electron chi connectivity index (χ1n) is 10.9. The van der Waals surface area contributed by atoms with E-state index in [0.717, 1.165) is 69.0 Å². The molecule has 0 atom stereocenters. The van der Waals surface area contributed by atoms with Gasteiger partial charge >= 0.3 is 0 Å². The van der Waals surface area contributed by atoms with Gasteiger partial charge in [-0.3, -0.25) is 4.99 Å². The van der Waals surface area contributed by atoms with E-state index in [0.29, 0.717) is 0 Å². The van der Waals surface area contributed by atoms with Crippen molar-refractivity contribution in [2.75, 3.05) is 44.2 Å². The van der Waals surface area contributed by atoms with Crippen LogP contribution in [0.1, 0.15) is 30.9 Å². The second-order valence-electron chi connectivity index (χ2n) is 7.58. The number of nitrogens with one attached hydrogen (secondary N) is 2. The third-order valence-electron chi connectivity index (χ3n) is 5.61. The first kappa shape index (κ1) is 23.8. The smallest absolute Gasteiger partial charge is 0.205 e. The Balaban J connectivity index is 0.00000272. The predicted molar refractivity (Wildman–Crippen MR) is 141 cm³/mol. The van der Waals surface area contributed by atoms with Gasteiger partial charge in [0.2, 0.25) is 5.13 Å². The summed E-state index contributed by atoms with van der Waals surface area (Å²) in [5.74, 6) is 1.96. The van der Waals surface area contributed by atoms with Crippen LogP contribution >= 0.6 is 35.5 Å². The highest BCUT2D eigenvalue weighted by atomic mass is 127. The number of benzene rings is 1. The van der Waals surface area contributed by atoms with Gasteiger partial charge in [0.05, 0.1) is 0 Å². The number of hydrogen-bond donors (Lipinski definition) is 2. The number of nitrogens with zero attached hydrogens (tertiary/aromatic N) is 5. The fourth-order valence-electron chi connectivity index (χ4n) is 3.98. The topological polar surface area (TPSA) is 72.4 Å². The van der Waals surface area contributed by atoms with E-state index < -0.39 is 0 Å². The summed E-state index contributed by atoms with van der Waals surface area (Å²) in [5.41, 5.74) is 3.83. The van der Waals surface area contributed by atoms with Gasteiger partial charge in [0.25, 0.3) is 0 Å². The molecule has 0 bridgehead atoms. The van der Waals surface area contributed by atoms with Crippen LogP contribution in [-0.2, 0) is 12.8 Å². The largest absolute Gasteiger partial charge is 0.358 e. The minimum atomic E-state index is 0. The van der Waals surface area contributed by atoms with Crippen molar-refractivity contribution in [3.05, 3.63) is 41.3 Å². The Labute approximate surface area is 205 Å². The van der Waals surface area contributed by atoms with E-state index >= 15 is 0 Å². The molecule has 3 aromatic rings. The quantitative estimate of drug-likeness (QED) is 0.276. The summed E-state index contributed by atoms with van der Waals surface area (Å²) in [6.45, 7) is 11.8. The molecule has 2 N–H and O–H groups in total. The van der Waals surface area contributed by atoms with Crippen molar-refractivity contribution < 1.29 is 0 Å². The first-order chi connectivity index (χ1) is 14.7. The minimum Gasteiger partial charge on any atom is -0.358 e. The predicted octanol–water partition coefficient (Wildman–Crippen LogP) is 3.84. The molecule has 1 saturated heterocycles. The summed E-state index contributed by atoms with van der Waals surface area (Å²) < 4.78 is 4.42. The summed E-state index contributed by atoms with van der Waals surface area (Å²) >= 11 is 1.51. The molecule has 0 saturated carbocycles. The van der Waals surface area contributed by atoms with Crippen LogP contribution in [0, 0.1) is 6.92 Å². The minimum absolute atomic E-state index is 0. The molecule has 1 fully saturated rings. The molecule has 9 heteroatoms. The molecule has 0 unspecified atom stereocenters. The number of halogens is 1. The number of aliphatic imine (C=N–C) groups is 1. The Kier molecular flexibility index (Phi) is 8.53. The van der Waals surface area contributed by atoms with E-state index in [-0.39, 0.29) is 24.0 Å². The normalized spacial score (nSPS) is 14.7. The highest BCUT2D eigenvalue weighted by molar-refractivity contribution is 14.0. The summed E-state index contributed by atoms with van der Waals surface area (Å²) in [5, 5.41) is 5.83. The van der Waals surface area contributed by atoms with E-state index in [2.05, 4.69) is 74.5 Å². The molecule has 4 rings (SSSR count). The van der Waals surface area contributed by atoms with Gasteiger partial charge in [0, 0.05) is 73.8 Å². The van der Waals surface area contributed by atoms with Crippen LogP contribution in [0.3, 0.4) is 0 Å². The van der Waals surface area contributed by atoms with Gasteiger partial charge in [-0.15, -0.1) is 24.0 Å². The van der Waals surface area contributed by atoms with Crippen LogP contribution in [-0.4, -0.2) is 64.5 Å². The average Bonchev–Trinajstić information content (AvgIpc) is 3.38. The molecule has 168 valence electrons. The second kappa shape index (κ2) is 11.1. The molecule has 0 aliphatic carbocycles. The maximum Gasteiger partial charge on any atom is 0.205 e. The van der Waals surface area contributed by atoms with E-state index in [1.54, 1.807) is 0 Å². The van der Waals surface area contributed by atoms with Crippen molar-refractivity contribution in [1.82, 2.24) is 24.6 Å². The third-order valence-corrected chi connectivity index (χ3v) is 6.42. The van der Waals surface area contributed by atoms with Crippen molar-refractivity contribution in [3.8, 4) is 0 Å². The van der Waals surface area contributed by atoms with Gasteiger partial charge in [-0.05, 0) is 31.9 Å². The molecule has 7 nitrogen and oxygen atoms in total. The Bertz CT molecular complexity index is 1000. The van der Waals surface area contributed by atoms with Crippen molar-refractivity contribution in [1.29, 1.82) is 0 Å². The molecule has 1 aliphatic heterocycles. The second-order valence-corrected chi connectivity index (χ2v) is 8.31. The fraction of sp³-hybridized carbons (Fsp3) is 0.500. The number of fused-ring (bicyclic) bond motifs is 1. The molecule has 0 amide bonds. The molecule has 3 heterocycles. The zero-order valence-electron chi connectivity index (χ0n) is 18.5. The number of aromatic nitrogens is 3. The summed E-state index contributed by atoms with van der Waals surface area (Å²) in [6, 6.07) is 8.52. The Morgan fingerprint density at radius 3 is 2.68 bits per heavy atom. The van der Waals surface area contributed by atoms with Crippen molar-refractivity contribution in [3.63, 3.8) is 0 Å². The van der Waals surface area contributed by atoms with Gasteiger partial charge in [0.1, 0.15) is 5.82 Å². The Hall–Kier alpha value is -1.88. The lowest BCUT2D eigenvalue weighted by Crippen LogP contribution is -2.52. The first-order valence-corrected chi connectivity index (χ1v) is 11.6. The van der Waals surface area contributed by atoms with Gasteiger partial charge in [-0.2, -0.15) is 4.37 Å². The monoisotopic (exact) mass is 553 g/mol. The summed E-state index contributed by atoms with van der Waals surface area (Å²) in [7, 11) is 0. The molecule has 1 aliphatic rings. The molecular weight excluding hydrogens is 521 g/mol. The van der Waals surface area contributed by atoms with Gasteiger partial charge in [-0.25, -0.2) is 4.98 Å². The van der Waals surface area contributed by atoms with Crippen LogP contribution in [0.2, 0.25) is 0 Å². The number of anilines is 1. The molecule has 1 aromatic carbocycles. The Morgan fingerprint density at radius 2 is 1.97 bits per heavy atom. The highest BCUT2D eigenvalue weighted by Gasteiger charge is 2.22. The van der Waals surface area contributed by atoms with Crippen molar-refractivity contribution >= 4 is 57.5 Å². The lowest BCUT2D eigenvalue weighted by molar-refractivity contribution is 0.372. The SMILES string of the molecule is CCNC(=NCCc1c(C)[nH]c2ccccc12)N1CCN(c2nc(CC)ns2)CC1.I. The molecular formula is C22H32IN7S. The molecule has 31 heavy (non-hydrogen) atoms. The number of H-pyrrole nitrogens is 1. The van der Waals surface area contributed by atoms with Crippen LogP contribution in [0.4, 0.5) is 5.13 Å². The van der Waals surface area contributed by atoms with E-state index in [1.165, 1.54) is 33.7 Å². The lowest BCUT2D eigenvalue weighted by Gasteiger charge is -2.36. The number of para-hydroxylation sites is 1. The van der Waals surface area contributed by atoms with Crippen LogP contribution < -0.4 is 10.2 Å². The van der Waals surface area contributed by atoms with Gasteiger partial charge < -0.3 is 20.1 Å². The average molecular weight is 554 g/mol. The van der Waals surface area contributed by atoms with E-state index in [1.807, 2.05) is 0 Å². The van der Waals surface area contributed by atoms with E-state index in [9.17, 15) is 0 Å². The standard InChI is InChI=1S/C22H31N7S.HI/c1-4-20-26-22(30-27-20)29-14-12-28(13-15-29)21(23-5-2)24-11-10-17-16(3)25-19-9-7-6-8-18(17)19;/h6-9,25H,4-5,10-15H2,1-3H3,(H,23,24);1H. The van der Waals surface area contributed by atoms with Crippen LogP contribution in [0.15, 0.2) is 29.3 Å². The maximum atomic E-state index is 4.95. The van der Waals surface area contributed by atoms with Gasteiger partial charge in [0.15, 0.2) is 5.96 Å². The van der Waals surface area contributed by atoms with E-state index in [4.69, 9.17) is 4.99 Å². The molecule has 0 radical (unpaired) electrons. The molecule has 0 spiro atoms. The fourth-order valence-corrected chi connectivity index (χ4v) is 4.78. The third kappa shape index (κ3) is 5.49. The number of aromatic amines is 1. The van der Waals surface area contributed by atoms with Crippen molar-refractivity contribution in [2.45, 2.75) is 33.6 Å². The summed E-state index contributed by atoms with van der Waals surface area (Å²) in [4.78, 5) is 17.8. The number of piperazine rings is 1. The molecule has 2 aromatic heterocycles. The number of rotatable bonds is 6. The lowest BCUT2D eigenvalue weighted by atomic mass is 10.1. The van der Waals surface area contributed by atoms with Crippen LogP contribution in [0.25, 0.3) is 10.9 Å². The van der Waals surface area contributed by atoms with Crippen LogP contribution in [0.5, 0.6) is 0 Å².